The van der Waals surface area contributed by atoms with Crippen molar-refractivity contribution < 1.29 is 0 Å². The summed E-state index contributed by atoms with van der Waals surface area (Å²) in [6.07, 6.45) is 9.69. The first-order chi connectivity index (χ1) is 9.33. The summed E-state index contributed by atoms with van der Waals surface area (Å²) < 4.78 is 0. The van der Waals surface area contributed by atoms with Crippen LogP contribution in [0.4, 0.5) is 0 Å². The highest BCUT2D eigenvalue weighted by molar-refractivity contribution is 9.09. The number of halogens is 2. The van der Waals surface area contributed by atoms with Gasteiger partial charge in [-0.3, -0.25) is 0 Å². The fraction of sp³-hybridized carbons (Fsp3) is 0.625. The number of benzene rings is 1. The SMILES string of the molecule is Clc1ccc(CSCCCCCCCCCBr)cc1. The van der Waals surface area contributed by atoms with Crippen molar-refractivity contribution in [1.29, 1.82) is 0 Å². The summed E-state index contributed by atoms with van der Waals surface area (Å²) in [6.45, 7) is 0. The van der Waals surface area contributed by atoms with Crippen LogP contribution in [-0.4, -0.2) is 11.1 Å². The van der Waals surface area contributed by atoms with E-state index < -0.39 is 0 Å². The second-order valence-electron chi connectivity index (χ2n) is 4.84. The molecule has 1 rings (SSSR count). The van der Waals surface area contributed by atoms with E-state index in [0.29, 0.717) is 0 Å². The van der Waals surface area contributed by atoms with Gasteiger partial charge in [0.25, 0.3) is 0 Å². The number of hydrogen-bond donors (Lipinski definition) is 0. The predicted octanol–water partition coefficient (Wildman–Crippen LogP) is 6.70. The van der Waals surface area contributed by atoms with Crippen LogP contribution in [0.1, 0.15) is 50.5 Å². The second-order valence-corrected chi connectivity index (χ2v) is 7.18. The number of unbranched alkanes of at least 4 members (excludes halogenated alkanes) is 6. The van der Waals surface area contributed by atoms with Gasteiger partial charge in [-0.05, 0) is 36.3 Å². The molecule has 0 amide bonds. The van der Waals surface area contributed by atoms with Crippen LogP contribution in [-0.2, 0) is 5.75 Å². The molecule has 0 N–H and O–H groups in total. The molecular weight excluding hydrogens is 340 g/mol. The van der Waals surface area contributed by atoms with Crippen molar-refractivity contribution in [2.45, 2.75) is 50.7 Å². The van der Waals surface area contributed by atoms with E-state index in [1.54, 1.807) is 0 Å². The minimum absolute atomic E-state index is 0.827. The van der Waals surface area contributed by atoms with Gasteiger partial charge in [0.15, 0.2) is 0 Å². The van der Waals surface area contributed by atoms with Crippen LogP contribution in [0.3, 0.4) is 0 Å². The van der Waals surface area contributed by atoms with Gasteiger partial charge >= 0.3 is 0 Å². The number of alkyl halides is 1. The van der Waals surface area contributed by atoms with Gasteiger partial charge in [-0.1, -0.05) is 71.8 Å². The predicted molar refractivity (Wildman–Crippen MR) is 93.7 cm³/mol. The molecule has 1 aromatic carbocycles. The molecule has 0 spiro atoms. The van der Waals surface area contributed by atoms with Crippen molar-refractivity contribution >= 4 is 39.3 Å². The molecule has 0 heterocycles. The van der Waals surface area contributed by atoms with E-state index in [2.05, 4.69) is 28.1 Å². The molecule has 0 aliphatic carbocycles. The fourth-order valence-electron chi connectivity index (χ4n) is 1.95. The lowest BCUT2D eigenvalue weighted by Crippen LogP contribution is -1.85. The summed E-state index contributed by atoms with van der Waals surface area (Å²) in [5.41, 5.74) is 1.38. The van der Waals surface area contributed by atoms with Gasteiger partial charge in [0, 0.05) is 16.1 Å². The molecule has 0 unspecified atom stereocenters. The van der Waals surface area contributed by atoms with Crippen molar-refractivity contribution in [2.24, 2.45) is 0 Å². The van der Waals surface area contributed by atoms with Crippen molar-refractivity contribution in [1.82, 2.24) is 0 Å². The van der Waals surface area contributed by atoms with E-state index in [9.17, 15) is 0 Å². The third-order valence-corrected chi connectivity index (χ3v) is 5.03. The Morgan fingerprint density at radius 2 is 1.42 bits per heavy atom. The highest BCUT2D eigenvalue weighted by Crippen LogP contribution is 2.17. The molecule has 0 saturated carbocycles. The Labute approximate surface area is 135 Å². The first-order valence-corrected chi connectivity index (χ1v) is 9.86. The Morgan fingerprint density at radius 3 is 2.05 bits per heavy atom. The van der Waals surface area contributed by atoms with Gasteiger partial charge in [0.2, 0.25) is 0 Å². The molecule has 0 aliphatic heterocycles. The van der Waals surface area contributed by atoms with Gasteiger partial charge < -0.3 is 0 Å². The second kappa shape index (κ2) is 12.1. The van der Waals surface area contributed by atoms with Crippen LogP contribution in [0, 0.1) is 0 Å². The van der Waals surface area contributed by atoms with Crippen LogP contribution in [0.25, 0.3) is 0 Å². The highest BCUT2D eigenvalue weighted by atomic mass is 79.9. The van der Waals surface area contributed by atoms with Crippen molar-refractivity contribution in [3.05, 3.63) is 34.9 Å². The number of thioether (sulfide) groups is 1. The normalized spacial score (nSPS) is 10.8. The van der Waals surface area contributed by atoms with Crippen LogP contribution in [0.15, 0.2) is 24.3 Å². The zero-order valence-corrected chi connectivity index (χ0v) is 14.7. The fourth-order valence-corrected chi connectivity index (χ4v) is 3.46. The zero-order chi connectivity index (χ0) is 13.8. The molecule has 0 nitrogen and oxygen atoms in total. The Morgan fingerprint density at radius 1 is 0.842 bits per heavy atom. The zero-order valence-electron chi connectivity index (χ0n) is 11.5. The molecule has 0 bridgehead atoms. The van der Waals surface area contributed by atoms with Crippen molar-refractivity contribution in [3.8, 4) is 0 Å². The van der Waals surface area contributed by atoms with Gasteiger partial charge in [0.05, 0.1) is 0 Å². The summed E-state index contributed by atoms with van der Waals surface area (Å²) >= 11 is 11.4. The summed E-state index contributed by atoms with van der Waals surface area (Å²) in [6, 6.07) is 8.20. The lowest BCUT2D eigenvalue weighted by molar-refractivity contribution is 0.606. The molecule has 19 heavy (non-hydrogen) atoms. The van der Waals surface area contributed by atoms with Crippen LogP contribution in [0.2, 0.25) is 5.02 Å². The van der Waals surface area contributed by atoms with Crippen LogP contribution < -0.4 is 0 Å². The van der Waals surface area contributed by atoms with Crippen LogP contribution >= 0.6 is 39.3 Å². The Balaban J connectivity index is 1.87. The number of rotatable bonds is 11. The monoisotopic (exact) mass is 362 g/mol. The maximum Gasteiger partial charge on any atom is 0.0406 e. The lowest BCUT2D eigenvalue weighted by atomic mass is 10.1. The smallest absolute Gasteiger partial charge is 0.0406 e. The third kappa shape index (κ3) is 9.81. The van der Waals surface area contributed by atoms with E-state index in [4.69, 9.17) is 11.6 Å². The molecule has 0 aliphatic rings. The summed E-state index contributed by atoms with van der Waals surface area (Å²) in [5.74, 6) is 2.40. The molecule has 0 atom stereocenters. The molecule has 0 aromatic heterocycles. The summed E-state index contributed by atoms with van der Waals surface area (Å²) in [7, 11) is 0. The third-order valence-electron chi connectivity index (χ3n) is 3.10. The van der Waals surface area contributed by atoms with Crippen molar-refractivity contribution in [3.63, 3.8) is 0 Å². The van der Waals surface area contributed by atoms with Gasteiger partial charge in [-0.2, -0.15) is 11.8 Å². The standard InChI is InChI=1S/C16H24BrClS/c17-12-6-4-2-1-3-5-7-13-19-14-15-8-10-16(18)11-9-15/h8-11H,1-7,12-14H2. The van der Waals surface area contributed by atoms with E-state index >= 15 is 0 Å². The Hall–Kier alpha value is 0.340. The minimum Gasteiger partial charge on any atom is -0.157 e. The topological polar surface area (TPSA) is 0 Å². The van der Waals surface area contributed by atoms with Gasteiger partial charge in [-0.25, -0.2) is 0 Å². The maximum atomic E-state index is 5.87. The van der Waals surface area contributed by atoms with E-state index in [-0.39, 0.29) is 0 Å². The molecule has 108 valence electrons. The molecular formula is C16H24BrClS. The van der Waals surface area contributed by atoms with Crippen LogP contribution in [0.5, 0.6) is 0 Å². The average molecular weight is 364 g/mol. The minimum atomic E-state index is 0.827. The quantitative estimate of drug-likeness (QED) is 0.311. The first kappa shape index (κ1) is 17.4. The Kier molecular flexibility index (Phi) is 11.1. The highest BCUT2D eigenvalue weighted by Gasteiger charge is 1.95. The van der Waals surface area contributed by atoms with E-state index in [0.717, 1.165) is 16.1 Å². The van der Waals surface area contributed by atoms with E-state index in [1.807, 2.05) is 23.9 Å². The molecule has 0 fully saturated rings. The largest absolute Gasteiger partial charge is 0.157 e. The Bertz CT molecular complexity index is 313. The van der Waals surface area contributed by atoms with Gasteiger partial charge in [-0.15, -0.1) is 0 Å². The first-order valence-electron chi connectivity index (χ1n) is 7.21. The number of hydrogen-bond acceptors (Lipinski definition) is 1. The molecule has 1 aromatic rings. The van der Waals surface area contributed by atoms with E-state index in [1.165, 1.54) is 56.3 Å². The molecule has 3 heteroatoms. The maximum absolute atomic E-state index is 5.87. The lowest BCUT2D eigenvalue weighted by Gasteiger charge is -2.03. The summed E-state index contributed by atoms with van der Waals surface area (Å²) in [5, 5.41) is 1.99. The van der Waals surface area contributed by atoms with Gasteiger partial charge in [0.1, 0.15) is 0 Å². The summed E-state index contributed by atoms with van der Waals surface area (Å²) in [4.78, 5) is 0. The average Bonchev–Trinajstić information content (AvgIpc) is 2.43. The molecule has 0 saturated heterocycles. The van der Waals surface area contributed by atoms with Crippen molar-refractivity contribution in [2.75, 3.05) is 11.1 Å². The molecule has 0 radical (unpaired) electrons.